The lowest BCUT2D eigenvalue weighted by molar-refractivity contribution is 0.0994. The zero-order valence-corrected chi connectivity index (χ0v) is 14.2. The highest BCUT2D eigenvalue weighted by Crippen LogP contribution is 2.24. The zero-order chi connectivity index (χ0) is 17.9. The van der Waals surface area contributed by atoms with E-state index in [9.17, 15) is 4.79 Å². The van der Waals surface area contributed by atoms with Gasteiger partial charge in [-0.3, -0.25) is 9.48 Å². The van der Waals surface area contributed by atoms with Crippen LogP contribution in [-0.4, -0.2) is 30.5 Å². The largest absolute Gasteiger partial charge is 0.454 e. The molecule has 0 bridgehead atoms. The number of carbonyl (C=O) groups excluding carboxylic acids is 1. The summed E-state index contributed by atoms with van der Waals surface area (Å²) >= 11 is 6.06. The standard InChI is InChI=1S/C17H13ClN6O2/c18-12-2-4-15(24-11-19-10-21-24)14(8-12)22-17(25)16-5-3-13(26-16)9-23-7-1-6-20-23/h1-8,10-11H,9H2,(H,22,25). The second-order valence-electron chi connectivity index (χ2n) is 5.43. The first-order valence-corrected chi connectivity index (χ1v) is 8.09. The van der Waals surface area contributed by atoms with Crippen LogP contribution in [0.4, 0.5) is 5.69 Å². The Labute approximate surface area is 153 Å². The molecule has 0 unspecified atom stereocenters. The molecule has 1 N–H and O–H groups in total. The number of halogens is 1. The van der Waals surface area contributed by atoms with Crippen LogP contribution in [-0.2, 0) is 6.54 Å². The number of benzene rings is 1. The molecule has 8 nitrogen and oxygen atoms in total. The topological polar surface area (TPSA) is 90.8 Å². The third kappa shape index (κ3) is 3.35. The predicted octanol–water partition coefficient (Wildman–Crippen LogP) is 3.01. The summed E-state index contributed by atoms with van der Waals surface area (Å²) < 4.78 is 8.86. The molecule has 1 aromatic carbocycles. The predicted molar refractivity (Wildman–Crippen MR) is 94.4 cm³/mol. The van der Waals surface area contributed by atoms with Crippen molar-refractivity contribution in [2.45, 2.75) is 6.54 Å². The first kappa shape index (κ1) is 16.1. The second-order valence-corrected chi connectivity index (χ2v) is 5.86. The van der Waals surface area contributed by atoms with Crippen molar-refractivity contribution in [2.24, 2.45) is 0 Å². The normalized spacial score (nSPS) is 10.8. The van der Waals surface area contributed by atoms with Crippen molar-refractivity contribution >= 4 is 23.2 Å². The van der Waals surface area contributed by atoms with E-state index < -0.39 is 0 Å². The summed E-state index contributed by atoms with van der Waals surface area (Å²) in [7, 11) is 0. The Hall–Kier alpha value is -3.39. The molecule has 0 spiro atoms. The molecule has 0 aliphatic heterocycles. The molecule has 130 valence electrons. The minimum Gasteiger partial charge on any atom is -0.454 e. The van der Waals surface area contributed by atoms with E-state index in [0.717, 1.165) is 0 Å². The lowest BCUT2D eigenvalue weighted by Crippen LogP contribution is -2.13. The SMILES string of the molecule is O=C(Nc1cc(Cl)ccc1-n1cncn1)c1ccc(Cn2cccn2)o1. The van der Waals surface area contributed by atoms with Gasteiger partial charge < -0.3 is 9.73 Å². The van der Waals surface area contributed by atoms with Gasteiger partial charge in [0.25, 0.3) is 5.91 Å². The number of aromatic nitrogens is 5. The van der Waals surface area contributed by atoms with Gasteiger partial charge >= 0.3 is 0 Å². The van der Waals surface area contributed by atoms with Crippen molar-refractivity contribution in [3.63, 3.8) is 0 Å². The van der Waals surface area contributed by atoms with Gasteiger partial charge in [0, 0.05) is 17.4 Å². The van der Waals surface area contributed by atoms with E-state index in [1.807, 2.05) is 12.3 Å². The van der Waals surface area contributed by atoms with Crippen LogP contribution < -0.4 is 5.32 Å². The van der Waals surface area contributed by atoms with E-state index in [2.05, 4.69) is 20.5 Å². The van der Waals surface area contributed by atoms with Crippen molar-refractivity contribution in [3.05, 3.63) is 78.0 Å². The minimum atomic E-state index is -0.389. The van der Waals surface area contributed by atoms with Crippen LogP contribution in [0, 0.1) is 0 Å². The van der Waals surface area contributed by atoms with Crippen molar-refractivity contribution in [1.29, 1.82) is 0 Å². The van der Waals surface area contributed by atoms with Crippen molar-refractivity contribution in [2.75, 3.05) is 5.32 Å². The molecule has 26 heavy (non-hydrogen) atoms. The number of furan rings is 1. The van der Waals surface area contributed by atoms with Crippen LogP contribution >= 0.6 is 11.6 Å². The fourth-order valence-electron chi connectivity index (χ4n) is 2.46. The summed E-state index contributed by atoms with van der Waals surface area (Å²) in [5.74, 6) is 0.429. The Bertz CT molecular complexity index is 1020. The molecule has 0 saturated carbocycles. The third-order valence-electron chi connectivity index (χ3n) is 3.63. The fraction of sp³-hybridized carbons (Fsp3) is 0.0588. The smallest absolute Gasteiger partial charge is 0.291 e. The molecule has 3 aromatic heterocycles. The molecule has 9 heteroatoms. The van der Waals surface area contributed by atoms with Crippen molar-refractivity contribution in [1.82, 2.24) is 24.5 Å². The molecule has 3 heterocycles. The van der Waals surface area contributed by atoms with Gasteiger partial charge in [0.15, 0.2) is 5.76 Å². The zero-order valence-electron chi connectivity index (χ0n) is 13.4. The quantitative estimate of drug-likeness (QED) is 0.584. The molecule has 0 radical (unpaired) electrons. The average molecular weight is 369 g/mol. The highest BCUT2D eigenvalue weighted by atomic mass is 35.5. The Kier molecular flexibility index (Phi) is 4.24. The average Bonchev–Trinajstić information content (AvgIpc) is 3.38. The Morgan fingerprint density at radius 3 is 2.92 bits per heavy atom. The van der Waals surface area contributed by atoms with Gasteiger partial charge in [-0.25, -0.2) is 9.67 Å². The molecule has 0 aliphatic carbocycles. The van der Waals surface area contributed by atoms with Crippen molar-refractivity contribution in [3.8, 4) is 5.69 Å². The van der Waals surface area contributed by atoms with E-state index in [0.29, 0.717) is 28.7 Å². The van der Waals surface area contributed by atoms with Crippen molar-refractivity contribution < 1.29 is 9.21 Å². The second kappa shape index (κ2) is 6.85. The lowest BCUT2D eigenvalue weighted by atomic mass is 10.2. The maximum absolute atomic E-state index is 12.5. The Balaban J connectivity index is 1.55. The fourth-order valence-corrected chi connectivity index (χ4v) is 2.64. The van der Waals surface area contributed by atoms with E-state index >= 15 is 0 Å². The van der Waals surface area contributed by atoms with E-state index in [1.54, 1.807) is 41.2 Å². The van der Waals surface area contributed by atoms with E-state index in [1.165, 1.54) is 17.3 Å². The number of anilines is 1. The van der Waals surface area contributed by atoms with Crippen LogP contribution in [0.2, 0.25) is 5.02 Å². The number of nitrogens with one attached hydrogen (secondary N) is 1. The van der Waals surface area contributed by atoms with Crippen LogP contribution in [0.5, 0.6) is 0 Å². The van der Waals surface area contributed by atoms with E-state index in [-0.39, 0.29) is 11.7 Å². The molecule has 0 atom stereocenters. The highest BCUT2D eigenvalue weighted by Gasteiger charge is 2.15. The van der Waals surface area contributed by atoms with Crippen LogP contribution in [0.25, 0.3) is 5.69 Å². The maximum atomic E-state index is 12.5. The third-order valence-corrected chi connectivity index (χ3v) is 3.87. The molecule has 0 fully saturated rings. The maximum Gasteiger partial charge on any atom is 0.291 e. The van der Waals surface area contributed by atoms with Crippen LogP contribution in [0.3, 0.4) is 0 Å². The summed E-state index contributed by atoms with van der Waals surface area (Å²) in [6.45, 7) is 0.446. The molecule has 0 aliphatic rings. The highest BCUT2D eigenvalue weighted by molar-refractivity contribution is 6.31. The number of rotatable bonds is 5. The summed E-state index contributed by atoms with van der Waals surface area (Å²) in [6.07, 6.45) is 6.45. The van der Waals surface area contributed by atoms with Gasteiger partial charge in [0.05, 0.1) is 17.9 Å². The summed E-state index contributed by atoms with van der Waals surface area (Å²) in [6, 6.07) is 10.3. The number of hydrogen-bond donors (Lipinski definition) is 1. The molecule has 4 aromatic rings. The lowest BCUT2D eigenvalue weighted by Gasteiger charge is -2.10. The van der Waals surface area contributed by atoms with Gasteiger partial charge in [-0.05, 0) is 36.4 Å². The van der Waals surface area contributed by atoms with Crippen LogP contribution in [0.15, 0.2) is 65.9 Å². The van der Waals surface area contributed by atoms with Gasteiger partial charge in [-0.1, -0.05) is 11.6 Å². The van der Waals surface area contributed by atoms with E-state index in [4.69, 9.17) is 16.0 Å². The Morgan fingerprint density at radius 2 is 2.15 bits per heavy atom. The molecule has 0 saturated heterocycles. The number of nitrogens with zero attached hydrogens (tertiary/aromatic N) is 5. The molecular weight excluding hydrogens is 356 g/mol. The van der Waals surface area contributed by atoms with Gasteiger partial charge in [0.2, 0.25) is 0 Å². The van der Waals surface area contributed by atoms with Gasteiger partial charge in [-0.2, -0.15) is 10.2 Å². The van der Waals surface area contributed by atoms with Gasteiger partial charge in [0.1, 0.15) is 18.4 Å². The number of hydrogen-bond acceptors (Lipinski definition) is 5. The molecule has 4 rings (SSSR count). The number of amides is 1. The number of carbonyl (C=O) groups is 1. The summed E-state index contributed by atoms with van der Waals surface area (Å²) in [5.41, 5.74) is 1.14. The van der Waals surface area contributed by atoms with Crippen LogP contribution in [0.1, 0.15) is 16.3 Å². The Morgan fingerprint density at radius 1 is 1.23 bits per heavy atom. The van der Waals surface area contributed by atoms with Gasteiger partial charge in [-0.15, -0.1) is 0 Å². The first-order chi connectivity index (χ1) is 12.7. The first-order valence-electron chi connectivity index (χ1n) is 7.71. The minimum absolute atomic E-state index is 0.191. The molecule has 1 amide bonds. The summed E-state index contributed by atoms with van der Waals surface area (Å²) in [5, 5.41) is 11.5. The summed E-state index contributed by atoms with van der Waals surface area (Å²) in [4.78, 5) is 16.5. The molecular formula is C17H13ClN6O2. The monoisotopic (exact) mass is 368 g/mol.